The molecule has 1 saturated heterocycles. The molecular weight excluding hydrogens is 236 g/mol. The standard InChI is InChI=1S/C16H34N2O/c1-6-16(13-19,17-14(2)3)8-7-10-18-11-9-15(4,5)12-18/h14,17,19H,6-13H2,1-5H3. The molecule has 0 spiro atoms. The van der Waals surface area contributed by atoms with Crippen LogP contribution < -0.4 is 5.32 Å². The van der Waals surface area contributed by atoms with E-state index in [9.17, 15) is 5.11 Å². The Balaban J connectivity index is 2.36. The van der Waals surface area contributed by atoms with E-state index in [1.807, 2.05) is 0 Å². The smallest absolute Gasteiger partial charge is 0.0613 e. The van der Waals surface area contributed by atoms with Crippen LogP contribution in [0, 0.1) is 5.41 Å². The number of nitrogens with one attached hydrogen (secondary N) is 1. The molecule has 1 rings (SSSR count). The molecule has 1 unspecified atom stereocenters. The molecule has 0 aromatic carbocycles. The molecule has 1 heterocycles. The monoisotopic (exact) mass is 270 g/mol. The molecule has 114 valence electrons. The molecule has 0 aromatic rings. The van der Waals surface area contributed by atoms with Crippen molar-refractivity contribution >= 4 is 0 Å². The average molecular weight is 270 g/mol. The summed E-state index contributed by atoms with van der Waals surface area (Å²) < 4.78 is 0. The molecule has 3 heteroatoms. The van der Waals surface area contributed by atoms with Crippen molar-refractivity contribution in [2.75, 3.05) is 26.2 Å². The number of likely N-dealkylation sites (tertiary alicyclic amines) is 1. The second-order valence-corrected chi connectivity index (χ2v) is 7.38. The van der Waals surface area contributed by atoms with E-state index in [0.717, 1.165) is 12.8 Å². The number of aliphatic hydroxyl groups is 1. The van der Waals surface area contributed by atoms with E-state index in [2.05, 4.69) is 44.8 Å². The summed E-state index contributed by atoms with van der Waals surface area (Å²) in [5, 5.41) is 13.3. The summed E-state index contributed by atoms with van der Waals surface area (Å²) >= 11 is 0. The van der Waals surface area contributed by atoms with Crippen LogP contribution in [0.25, 0.3) is 0 Å². The second kappa shape index (κ2) is 7.05. The Bertz CT molecular complexity index is 259. The maximum atomic E-state index is 9.72. The van der Waals surface area contributed by atoms with Gasteiger partial charge in [0.05, 0.1) is 6.61 Å². The molecule has 1 atom stereocenters. The molecule has 0 radical (unpaired) electrons. The molecule has 0 aliphatic carbocycles. The van der Waals surface area contributed by atoms with Crippen molar-refractivity contribution in [1.29, 1.82) is 0 Å². The predicted octanol–water partition coefficient (Wildman–Crippen LogP) is 2.64. The molecule has 1 fully saturated rings. The number of nitrogens with zero attached hydrogens (tertiary/aromatic N) is 1. The van der Waals surface area contributed by atoms with Crippen molar-refractivity contribution in [3.8, 4) is 0 Å². The summed E-state index contributed by atoms with van der Waals surface area (Å²) in [5.41, 5.74) is 0.415. The van der Waals surface area contributed by atoms with Gasteiger partial charge in [0.15, 0.2) is 0 Å². The Labute approximate surface area is 119 Å². The van der Waals surface area contributed by atoms with E-state index in [-0.39, 0.29) is 12.1 Å². The Hall–Kier alpha value is -0.120. The lowest BCUT2D eigenvalue weighted by Crippen LogP contribution is -2.51. The molecule has 0 saturated carbocycles. The molecule has 1 aliphatic heterocycles. The predicted molar refractivity (Wildman–Crippen MR) is 82.5 cm³/mol. The van der Waals surface area contributed by atoms with Crippen molar-refractivity contribution in [2.24, 2.45) is 5.41 Å². The first-order chi connectivity index (χ1) is 8.82. The van der Waals surface area contributed by atoms with Gasteiger partial charge in [-0.2, -0.15) is 0 Å². The first-order valence-corrected chi connectivity index (χ1v) is 7.93. The highest BCUT2D eigenvalue weighted by molar-refractivity contribution is 4.89. The van der Waals surface area contributed by atoms with Crippen molar-refractivity contribution in [1.82, 2.24) is 10.2 Å². The minimum Gasteiger partial charge on any atom is -0.394 e. The van der Waals surface area contributed by atoms with Crippen molar-refractivity contribution in [2.45, 2.75) is 71.9 Å². The average Bonchev–Trinajstić information content (AvgIpc) is 2.67. The van der Waals surface area contributed by atoms with Gasteiger partial charge in [-0.15, -0.1) is 0 Å². The van der Waals surface area contributed by atoms with Gasteiger partial charge in [0.25, 0.3) is 0 Å². The number of hydrogen-bond acceptors (Lipinski definition) is 3. The van der Waals surface area contributed by atoms with Crippen LogP contribution >= 0.6 is 0 Å². The molecule has 1 aliphatic rings. The van der Waals surface area contributed by atoms with Gasteiger partial charge in [-0.25, -0.2) is 0 Å². The first-order valence-electron chi connectivity index (χ1n) is 7.93. The minimum atomic E-state index is -0.0800. The third-order valence-corrected chi connectivity index (χ3v) is 4.46. The van der Waals surface area contributed by atoms with Crippen LogP contribution in [-0.4, -0.2) is 47.8 Å². The first kappa shape index (κ1) is 16.9. The van der Waals surface area contributed by atoms with E-state index >= 15 is 0 Å². The summed E-state index contributed by atoms with van der Waals surface area (Å²) in [6.07, 6.45) is 4.54. The number of hydrogen-bond donors (Lipinski definition) is 2. The minimum absolute atomic E-state index is 0.0800. The van der Waals surface area contributed by atoms with E-state index in [4.69, 9.17) is 0 Å². The summed E-state index contributed by atoms with van der Waals surface area (Å²) in [7, 11) is 0. The normalized spacial score (nSPS) is 22.9. The Morgan fingerprint density at radius 2 is 2.05 bits per heavy atom. The second-order valence-electron chi connectivity index (χ2n) is 7.38. The van der Waals surface area contributed by atoms with Crippen molar-refractivity contribution in [3.05, 3.63) is 0 Å². The van der Waals surface area contributed by atoms with Gasteiger partial charge in [0.1, 0.15) is 0 Å². The molecule has 0 amide bonds. The van der Waals surface area contributed by atoms with Crippen LogP contribution in [0.15, 0.2) is 0 Å². The van der Waals surface area contributed by atoms with E-state index in [0.29, 0.717) is 11.5 Å². The Kier molecular flexibility index (Phi) is 6.28. The molecular formula is C16H34N2O. The zero-order valence-electron chi connectivity index (χ0n) is 13.6. The van der Waals surface area contributed by atoms with Crippen molar-refractivity contribution < 1.29 is 5.11 Å². The third-order valence-electron chi connectivity index (χ3n) is 4.46. The topological polar surface area (TPSA) is 35.5 Å². The number of aliphatic hydroxyl groups excluding tert-OH is 1. The van der Waals surface area contributed by atoms with Gasteiger partial charge in [-0.05, 0) is 44.2 Å². The largest absolute Gasteiger partial charge is 0.394 e. The maximum Gasteiger partial charge on any atom is 0.0613 e. The van der Waals surface area contributed by atoms with Gasteiger partial charge in [-0.1, -0.05) is 34.6 Å². The summed E-state index contributed by atoms with van der Waals surface area (Å²) in [4.78, 5) is 2.58. The molecule has 3 nitrogen and oxygen atoms in total. The number of rotatable bonds is 8. The quantitative estimate of drug-likeness (QED) is 0.712. The third kappa shape index (κ3) is 5.41. The lowest BCUT2D eigenvalue weighted by atomic mass is 9.90. The highest BCUT2D eigenvalue weighted by atomic mass is 16.3. The van der Waals surface area contributed by atoms with Crippen LogP contribution in [0.4, 0.5) is 0 Å². The fourth-order valence-corrected chi connectivity index (χ4v) is 3.26. The summed E-state index contributed by atoms with van der Waals surface area (Å²) in [6.45, 7) is 15.1. The molecule has 2 N–H and O–H groups in total. The maximum absolute atomic E-state index is 9.72. The zero-order valence-corrected chi connectivity index (χ0v) is 13.6. The highest BCUT2D eigenvalue weighted by Crippen LogP contribution is 2.29. The van der Waals surface area contributed by atoms with Crippen LogP contribution in [0.3, 0.4) is 0 Å². The molecule has 0 bridgehead atoms. The van der Waals surface area contributed by atoms with Gasteiger partial charge in [0, 0.05) is 18.1 Å². The fraction of sp³-hybridized carbons (Fsp3) is 1.00. The van der Waals surface area contributed by atoms with Crippen LogP contribution in [-0.2, 0) is 0 Å². The Morgan fingerprint density at radius 3 is 2.47 bits per heavy atom. The molecule has 0 aromatic heterocycles. The lowest BCUT2D eigenvalue weighted by Gasteiger charge is -2.35. The fourth-order valence-electron chi connectivity index (χ4n) is 3.26. The lowest BCUT2D eigenvalue weighted by molar-refractivity contribution is 0.131. The summed E-state index contributed by atoms with van der Waals surface area (Å²) in [5.74, 6) is 0. The van der Waals surface area contributed by atoms with Crippen molar-refractivity contribution in [3.63, 3.8) is 0 Å². The summed E-state index contributed by atoms with van der Waals surface area (Å²) in [6, 6.07) is 0.429. The van der Waals surface area contributed by atoms with Crippen LogP contribution in [0.1, 0.15) is 60.3 Å². The van der Waals surface area contributed by atoms with Gasteiger partial charge < -0.3 is 15.3 Å². The SMILES string of the molecule is CCC(CO)(CCCN1CCC(C)(C)C1)NC(C)C. The van der Waals surface area contributed by atoms with E-state index in [1.165, 1.54) is 32.5 Å². The van der Waals surface area contributed by atoms with Gasteiger partial charge in [0.2, 0.25) is 0 Å². The highest BCUT2D eigenvalue weighted by Gasteiger charge is 2.30. The Morgan fingerprint density at radius 1 is 1.37 bits per heavy atom. The van der Waals surface area contributed by atoms with Gasteiger partial charge >= 0.3 is 0 Å². The van der Waals surface area contributed by atoms with E-state index < -0.39 is 0 Å². The zero-order chi connectivity index (χ0) is 14.5. The molecule has 19 heavy (non-hydrogen) atoms. The van der Waals surface area contributed by atoms with Gasteiger partial charge in [-0.3, -0.25) is 0 Å². The van der Waals surface area contributed by atoms with E-state index in [1.54, 1.807) is 0 Å². The van der Waals surface area contributed by atoms with Crippen LogP contribution in [0.5, 0.6) is 0 Å². The van der Waals surface area contributed by atoms with Crippen LogP contribution in [0.2, 0.25) is 0 Å².